The smallest absolute Gasteiger partial charge is 0.231 e. The molecule has 0 saturated heterocycles. The average Bonchev–Trinajstić information content (AvgIpc) is 3.62. The maximum Gasteiger partial charge on any atom is 0.231 e. The molecule has 3 aromatic carbocycles. The van der Waals surface area contributed by atoms with Crippen LogP contribution in [0.25, 0.3) is 11.1 Å². The van der Waals surface area contributed by atoms with Gasteiger partial charge in [0.2, 0.25) is 6.79 Å². The summed E-state index contributed by atoms with van der Waals surface area (Å²) in [7, 11) is 0. The monoisotopic (exact) mass is 471 g/mol. The van der Waals surface area contributed by atoms with Gasteiger partial charge in [-0.3, -0.25) is 0 Å². The van der Waals surface area contributed by atoms with E-state index in [2.05, 4.69) is 55.1 Å². The lowest BCUT2D eigenvalue weighted by Gasteiger charge is -2.19. The predicted molar refractivity (Wildman–Crippen MR) is 139 cm³/mol. The van der Waals surface area contributed by atoms with E-state index in [1.807, 2.05) is 18.2 Å². The number of hydrogen-bond acceptors (Lipinski definition) is 5. The fraction of sp³-hybridized carbons (Fsp3) is 0.333. The molecule has 0 aromatic heterocycles. The molecule has 5 heteroatoms. The third kappa shape index (κ3) is 5.30. The Kier molecular flexibility index (Phi) is 6.96. The number of allylic oxidation sites excluding steroid dienone is 1. The molecule has 0 spiro atoms. The highest BCUT2D eigenvalue weighted by Crippen LogP contribution is 2.49. The Morgan fingerprint density at radius 2 is 1.49 bits per heavy atom. The second-order valence-electron chi connectivity index (χ2n) is 9.08. The second kappa shape index (κ2) is 10.4. The van der Waals surface area contributed by atoms with E-state index in [9.17, 15) is 5.11 Å². The van der Waals surface area contributed by atoms with Crippen LogP contribution in [0.3, 0.4) is 0 Å². The van der Waals surface area contributed by atoms with Crippen LogP contribution in [0, 0.1) is 5.92 Å². The van der Waals surface area contributed by atoms with Crippen molar-refractivity contribution in [3.05, 3.63) is 83.4 Å². The topological polar surface area (TPSA) is 51.2 Å². The van der Waals surface area contributed by atoms with Crippen molar-refractivity contribution in [2.75, 3.05) is 33.0 Å². The maximum absolute atomic E-state index is 9.92. The molecular formula is C30H33NO4. The standard InChI is InChI=1S/C30H33NO4/c1-3-31(4-2)17-18-33-26-14-9-23(10-15-26)29(22-7-12-25(32)13-8-22)30(21-5-6-21)24-11-16-27-28(19-24)35-20-34-27/h7-16,19,21,32H,3-6,17-18,20H2,1-2H3. The van der Waals surface area contributed by atoms with Crippen LogP contribution in [0.15, 0.2) is 66.7 Å². The summed E-state index contributed by atoms with van der Waals surface area (Å²) in [5.41, 5.74) is 5.86. The average molecular weight is 472 g/mol. The summed E-state index contributed by atoms with van der Waals surface area (Å²) in [6.45, 7) is 8.27. The third-order valence-corrected chi connectivity index (χ3v) is 6.81. The van der Waals surface area contributed by atoms with E-state index in [1.54, 1.807) is 12.1 Å². The number of benzene rings is 3. The molecule has 182 valence electrons. The van der Waals surface area contributed by atoms with Crippen LogP contribution in [0.5, 0.6) is 23.0 Å². The molecule has 1 aliphatic carbocycles. The Morgan fingerprint density at radius 1 is 0.857 bits per heavy atom. The first-order valence-electron chi connectivity index (χ1n) is 12.6. The number of fused-ring (bicyclic) bond motifs is 1. The molecule has 35 heavy (non-hydrogen) atoms. The first-order valence-corrected chi connectivity index (χ1v) is 12.6. The maximum atomic E-state index is 9.92. The summed E-state index contributed by atoms with van der Waals surface area (Å²) in [4.78, 5) is 2.35. The van der Waals surface area contributed by atoms with Crippen molar-refractivity contribution in [2.24, 2.45) is 5.92 Å². The first kappa shape index (κ1) is 23.3. The van der Waals surface area contributed by atoms with Gasteiger partial charge < -0.3 is 24.2 Å². The molecule has 5 rings (SSSR count). The fourth-order valence-corrected chi connectivity index (χ4v) is 4.68. The zero-order valence-electron chi connectivity index (χ0n) is 20.5. The first-order chi connectivity index (χ1) is 17.2. The Morgan fingerprint density at radius 3 is 2.14 bits per heavy atom. The predicted octanol–water partition coefficient (Wildman–Crippen LogP) is 6.21. The van der Waals surface area contributed by atoms with Crippen LogP contribution in [-0.4, -0.2) is 43.0 Å². The van der Waals surface area contributed by atoms with Crippen LogP contribution >= 0.6 is 0 Å². The lowest BCUT2D eigenvalue weighted by Crippen LogP contribution is -2.27. The van der Waals surface area contributed by atoms with Crippen LogP contribution in [0.1, 0.15) is 43.4 Å². The van der Waals surface area contributed by atoms with Crippen molar-refractivity contribution < 1.29 is 19.3 Å². The van der Waals surface area contributed by atoms with E-state index in [4.69, 9.17) is 14.2 Å². The molecule has 0 amide bonds. The van der Waals surface area contributed by atoms with E-state index in [-0.39, 0.29) is 12.5 Å². The number of hydrogen-bond donors (Lipinski definition) is 1. The molecule has 0 unspecified atom stereocenters. The van der Waals surface area contributed by atoms with Crippen molar-refractivity contribution in [3.63, 3.8) is 0 Å². The number of likely N-dealkylation sites (N-methyl/N-ethyl adjacent to an activating group) is 1. The van der Waals surface area contributed by atoms with Crippen molar-refractivity contribution in [1.29, 1.82) is 0 Å². The van der Waals surface area contributed by atoms with Gasteiger partial charge in [-0.15, -0.1) is 0 Å². The summed E-state index contributed by atoms with van der Waals surface area (Å²) in [6, 6.07) is 22.1. The Bertz CT molecular complexity index is 1180. The van der Waals surface area contributed by atoms with Crippen molar-refractivity contribution in [2.45, 2.75) is 26.7 Å². The molecule has 1 heterocycles. The van der Waals surface area contributed by atoms with Gasteiger partial charge in [-0.25, -0.2) is 0 Å². The van der Waals surface area contributed by atoms with Gasteiger partial charge in [0.1, 0.15) is 18.1 Å². The summed E-state index contributed by atoms with van der Waals surface area (Å²) >= 11 is 0. The highest BCUT2D eigenvalue weighted by molar-refractivity contribution is 6.00. The van der Waals surface area contributed by atoms with Crippen LogP contribution in [0.4, 0.5) is 0 Å². The Hall–Kier alpha value is -3.44. The quantitative estimate of drug-likeness (QED) is 0.356. The number of aromatic hydroxyl groups is 1. The van der Waals surface area contributed by atoms with E-state index < -0.39 is 0 Å². The van der Waals surface area contributed by atoms with E-state index in [1.165, 1.54) is 11.1 Å². The molecule has 0 radical (unpaired) electrons. The lowest BCUT2D eigenvalue weighted by atomic mass is 9.87. The van der Waals surface area contributed by atoms with Gasteiger partial charge in [-0.2, -0.15) is 0 Å². The van der Waals surface area contributed by atoms with Crippen LogP contribution in [0.2, 0.25) is 0 Å². The van der Waals surface area contributed by atoms with E-state index in [0.29, 0.717) is 12.5 Å². The summed E-state index contributed by atoms with van der Waals surface area (Å²) in [5, 5.41) is 9.92. The molecule has 1 aliphatic heterocycles. The van der Waals surface area contributed by atoms with Gasteiger partial charge >= 0.3 is 0 Å². The zero-order chi connectivity index (χ0) is 24.2. The van der Waals surface area contributed by atoms with Crippen LogP contribution in [-0.2, 0) is 0 Å². The van der Waals surface area contributed by atoms with Gasteiger partial charge in [0.05, 0.1) is 0 Å². The minimum absolute atomic E-state index is 0.265. The molecule has 1 N–H and O–H groups in total. The fourth-order valence-electron chi connectivity index (χ4n) is 4.68. The van der Waals surface area contributed by atoms with Gasteiger partial charge in [0, 0.05) is 6.54 Å². The molecule has 3 aromatic rings. The molecule has 0 atom stereocenters. The SMILES string of the molecule is CCN(CC)CCOc1ccc(C(=C(c2ccc3c(c2)OCO3)C2CC2)c2ccc(O)cc2)cc1. The molecule has 5 nitrogen and oxygen atoms in total. The summed E-state index contributed by atoms with van der Waals surface area (Å²) in [5.74, 6) is 3.22. The van der Waals surface area contributed by atoms with E-state index in [0.717, 1.165) is 66.4 Å². The van der Waals surface area contributed by atoms with Gasteiger partial charge in [-0.1, -0.05) is 44.2 Å². The minimum Gasteiger partial charge on any atom is -0.508 e. The minimum atomic E-state index is 0.265. The molecule has 2 aliphatic rings. The molecular weight excluding hydrogens is 438 g/mol. The Labute approximate surface area is 207 Å². The summed E-state index contributed by atoms with van der Waals surface area (Å²) in [6.07, 6.45) is 2.33. The highest BCUT2D eigenvalue weighted by Gasteiger charge is 2.31. The number of ether oxygens (including phenoxy) is 3. The highest BCUT2D eigenvalue weighted by atomic mass is 16.7. The third-order valence-electron chi connectivity index (χ3n) is 6.81. The van der Waals surface area contributed by atoms with Crippen molar-refractivity contribution in [1.82, 2.24) is 4.90 Å². The summed E-state index contributed by atoms with van der Waals surface area (Å²) < 4.78 is 17.3. The number of rotatable bonds is 10. The normalized spacial score (nSPS) is 15.3. The molecule has 1 saturated carbocycles. The number of nitrogens with zero attached hydrogens (tertiary/aromatic N) is 1. The second-order valence-corrected chi connectivity index (χ2v) is 9.08. The van der Waals surface area contributed by atoms with Gasteiger partial charge in [0.25, 0.3) is 0 Å². The Balaban J connectivity index is 1.51. The van der Waals surface area contributed by atoms with E-state index >= 15 is 0 Å². The number of phenolic OH excluding ortho intramolecular Hbond substituents is 1. The zero-order valence-corrected chi connectivity index (χ0v) is 20.5. The molecule has 0 bridgehead atoms. The largest absolute Gasteiger partial charge is 0.508 e. The lowest BCUT2D eigenvalue weighted by molar-refractivity contribution is 0.174. The van der Waals surface area contributed by atoms with Crippen molar-refractivity contribution in [3.8, 4) is 23.0 Å². The van der Waals surface area contributed by atoms with Gasteiger partial charge in [0.15, 0.2) is 11.5 Å². The molecule has 1 fully saturated rings. The number of phenols is 1. The van der Waals surface area contributed by atoms with Gasteiger partial charge in [-0.05, 0) is 96.1 Å². The van der Waals surface area contributed by atoms with Crippen LogP contribution < -0.4 is 14.2 Å². The van der Waals surface area contributed by atoms with Crippen molar-refractivity contribution >= 4 is 11.1 Å².